The Balaban J connectivity index is 2.14. The summed E-state index contributed by atoms with van der Waals surface area (Å²) in [5.74, 6) is -0.372. The number of nitrogens with zero attached hydrogens (tertiary/aromatic N) is 2. The lowest BCUT2D eigenvalue weighted by molar-refractivity contribution is 0.0606. The molecule has 0 bridgehead atoms. The van der Waals surface area contributed by atoms with Gasteiger partial charge in [-0.15, -0.1) is 0 Å². The van der Waals surface area contributed by atoms with Crippen molar-refractivity contribution in [3.05, 3.63) is 34.6 Å². The molecule has 5 heteroatoms. The van der Waals surface area contributed by atoms with Crippen LogP contribution >= 0.6 is 11.6 Å². The lowest BCUT2D eigenvalue weighted by Crippen LogP contribution is -2.53. The maximum absolute atomic E-state index is 13.6. The molecule has 1 saturated heterocycles. The van der Waals surface area contributed by atoms with Crippen molar-refractivity contribution in [1.82, 2.24) is 9.80 Å². The third-order valence-electron chi connectivity index (χ3n) is 4.20. The lowest BCUT2D eigenvalue weighted by Gasteiger charge is -2.42. The number of halogens is 2. The van der Waals surface area contributed by atoms with Crippen LogP contribution in [0.2, 0.25) is 5.02 Å². The van der Waals surface area contributed by atoms with Gasteiger partial charge in [-0.1, -0.05) is 24.6 Å². The van der Waals surface area contributed by atoms with Crippen LogP contribution in [0.15, 0.2) is 18.2 Å². The highest BCUT2D eigenvalue weighted by Gasteiger charge is 2.28. The van der Waals surface area contributed by atoms with Crippen molar-refractivity contribution in [3.63, 3.8) is 0 Å². The van der Waals surface area contributed by atoms with E-state index in [0.717, 1.165) is 31.7 Å². The molecule has 0 aromatic heterocycles. The van der Waals surface area contributed by atoms with Gasteiger partial charge < -0.3 is 5.73 Å². The molecule has 2 rings (SSSR count). The lowest BCUT2D eigenvalue weighted by atomic mass is 10.0. The van der Waals surface area contributed by atoms with E-state index < -0.39 is 0 Å². The zero-order valence-electron chi connectivity index (χ0n) is 12.1. The quantitative estimate of drug-likeness (QED) is 0.927. The first kappa shape index (κ1) is 15.7. The molecule has 1 aliphatic rings. The molecular weight excluding hydrogens is 277 g/mol. The second-order valence-electron chi connectivity index (χ2n) is 5.40. The van der Waals surface area contributed by atoms with Crippen LogP contribution in [0.1, 0.15) is 25.5 Å². The van der Waals surface area contributed by atoms with Gasteiger partial charge in [-0.2, -0.15) is 0 Å². The first-order valence-corrected chi connectivity index (χ1v) is 7.57. The molecular formula is C15H23ClFN3. The molecule has 1 fully saturated rings. The van der Waals surface area contributed by atoms with E-state index in [2.05, 4.69) is 23.6 Å². The van der Waals surface area contributed by atoms with Gasteiger partial charge in [0.15, 0.2) is 0 Å². The smallest absolute Gasteiger partial charge is 0.142 e. The molecule has 3 nitrogen and oxygen atoms in total. The van der Waals surface area contributed by atoms with Crippen molar-refractivity contribution >= 4 is 11.6 Å². The Kier molecular flexibility index (Phi) is 5.38. The van der Waals surface area contributed by atoms with Crippen LogP contribution in [0.3, 0.4) is 0 Å². The number of piperazine rings is 1. The predicted octanol–water partition coefficient (Wildman–Crippen LogP) is 2.50. The van der Waals surface area contributed by atoms with Crippen LogP contribution < -0.4 is 5.73 Å². The molecule has 0 aliphatic carbocycles. The first-order chi connectivity index (χ1) is 9.56. The van der Waals surface area contributed by atoms with Crippen LogP contribution in [-0.4, -0.2) is 48.6 Å². The maximum Gasteiger partial charge on any atom is 0.142 e. The molecule has 0 radical (unpaired) electrons. The fourth-order valence-electron chi connectivity index (χ4n) is 2.99. The molecule has 1 aliphatic heterocycles. The standard InChI is InChI=1S/C15H23ClFN3/c1-3-19-6-7-20(10-11(19)2)15(9-18)12-4-5-13(16)14(17)8-12/h4-5,8,11,15H,3,6-7,9-10,18H2,1-2H3. The van der Waals surface area contributed by atoms with Crippen molar-refractivity contribution in [2.75, 3.05) is 32.7 Å². The van der Waals surface area contributed by atoms with Crippen LogP contribution in [0.25, 0.3) is 0 Å². The molecule has 112 valence electrons. The number of nitrogens with two attached hydrogens (primary N) is 1. The molecule has 2 atom stereocenters. The summed E-state index contributed by atoms with van der Waals surface area (Å²) in [5.41, 5.74) is 6.83. The highest BCUT2D eigenvalue weighted by atomic mass is 35.5. The van der Waals surface area contributed by atoms with E-state index in [1.807, 2.05) is 6.07 Å². The van der Waals surface area contributed by atoms with E-state index in [1.54, 1.807) is 6.07 Å². The Morgan fingerprint density at radius 1 is 1.45 bits per heavy atom. The fraction of sp³-hybridized carbons (Fsp3) is 0.600. The molecule has 1 heterocycles. The number of hydrogen-bond donors (Lipinski definition) is 1. The minimum absolute atomic E-state index is 0.0585. The number of rotatable bonds is 4. The van der Waals surface area contributed by atoms with Crippen molar-refractivity contribution in [1.29, 1.82) is 0 Å². The molecule has 1 aromatic rings. The van der Waals surface area contributed by atoms with Gasteiger partial charge in [-0.3, -0.25) is 9.80 Å². The highest BCUT2D eigenvalue weighted by molar-refractivity contribution is 6.30. The molecule has 2 N–H and O–H groups in total. The second-order valence-corrected chi connectivity index (χ2v) is 5.80. The highest BCUT2D eigenvalue weighted by Crippen LogP contribution is 2.26. The van der Waals surface area contributed by atoms with Gasteiger partial charge in [0.2, 0.25) is 0 Å². The van der Waals surface area contributed by atoms with Crippen LogP contribution in [0, 0.1) is 5.82 Å². The Morgan fingerprint density at radius 2 is 2.20 bits per heavy atom. The molecule has 20 heavy (non-hydrogen) atoms. The van der Waals surface area contributed by atoms with Crippen LogP contribution in [0.5, 0.6) is 0 Å². The van der Waals surface area contributed by atoms with Crippen molar-refractivity contribution in [2.45, 2.75) is 25.9 Å². The van der Waals surface area contributed by atoms with Crippen molar-refractivity contribution < 1.29 is 4.39 Å². The van der Waals surface area contributed by atoms with Gasteiger partial charge in [0, 0.05) is 38.3 Å². The summed E-state index contributed by atoms with van der Waals surface area (Å²) in [5, 5.41) is 0.161. The summed E-state index contributed by atoms with van der Waals surface area (Å²) < 4.78 is 13.6. The van der Waals surface area contributed by atoms with Crippen molar-refractivity contribution in [2.24, 2.45) is 5.73 Å². The summed E-state index contributed by atoms with van der Waals surface area (Å²) in [6.07, 6.45) is 0. The van der Waals surface area contributed by atoms with E-state index in [0.29, 0.717) is 12.6 Å². The molecule has 2 unspecified atom stereocenters. The predicted molar refractivity (Wildman–Crippen MR) is 81.5 cm³/mol. The fourth-order valence-corrected chi connectivity index (χ4v) is 3.11. The van der Waals surface area contributed by atoms with E-state index in [9.17, 15) is 4.39 Å². The Morgan fingerprint density at radius 3 is 2.75 bits per heavy atom. The Hall–Kier alpha value is -0.680. The Bertz CT molecular complexity index is 455. The van der Waals surface area contributed by atoms with Crippen LogP contribution in [-0.2, 0) is 0 Å². The maximum atomic E-state index is 13.6. The SMILES string of the molecule is CCN1CCN(C(CN)c2ccc(Cl)c(F)c2)CC1C. The third-order valence-corrected chi connectivity index (χ3v) is 4.50. The molecule has 1 aromatic carbocycles. The zero-order valence-corrected chi connectivity index (χ0v) is 12.9. The third kappa shape index (κ3) is 3.31. The average molecular weight is 300 g/mol. The average Bonchev–Trinajstić information content (AvgIpc) is 2.44. The van der Waals surface area contributed by atoms with Gasteiger partial charge in [0.05, 0.1) is 5.02 Å². The zero-order chi connectivity index (χ0) is 14.7. The number of hydrogen-bond acceptors (Lipinski definition) is 3. The molecule has 0 saturated carbocycles. The topological polar surface area (TPSA) is 32.5 Å². The largest absolute Gasteiger partial charge is 0.329 e. The van der Waals surface area contributed by atoms with Crippen molar-refractivity contribution in [3.8, 4) is 0 Å². The summed E-state index contributed by atoms with van der Waals surface area (Å²) in [6.45, 7) is 8.92. The summed E-state index contributed by atoms with van der Waals surface area (Å²) >= 11 is 5.75. The van der Waals surface area contributed by atoms with Crippen LogP contribution in [0.4, 0.5) is 4.39 Å². The number of benzene rings is 1. The number of likely N-dealkylation sites (N-methyl/N-ethyl adjacent to an activating group) is 1. The summed E-state index contributed by atoms with van der Waals surface area (Å²) in [6, 6.07) is 5.56. The van der Waals surface area contributed by atoms with Gasteiger partial charge >= 0.3 is 0 Å². The van der Waals surface area contributed by atoms with E-state index in [-0.39, 0.29) is 16.9 Å². The first-order valence-electron chi connectivity index (χ1n) is 7.20. The second kappa shape index (κ2) is 6.85. The van der Waals surface area contributed by atoms with E-state index in [1.165, 1.54) is 6.07 Å². The monoisotopic (exact) mass is 299 g/mol. The summed E-state index contributed by atoms with van der Waals surface area (Å²) in [7, 11) is 0. The minimum Gasteiger partial charge on any atom is -0.329 e. The minimum atomic E-state index is -0.372. The Labute approximate surface area is 125 Å². The van der Waals surface area contributed by atoms with E-state index >= 15 is 0 Å². The van der Waals surface area contributed by atoms with Gasteiger partial charge in [0.25, 0.3) is 0 Å². The van der Waals surface area contributed by atoms with Gasteiger partial charge in [0.1, 0.15) is 5.82 Å². The van der Waals surface area contributed by atoms with E-state index in [4.69, 9.17) is 17.3 Å². The van der Waals surface area contributed by atoms with Gasteiger partial charge in [-0.25, -0.2) is 4.39 Å². The molecule has 0 amide bonds. The normalized spacial score (nSPS) is 22.9. The summed E-state index contributed by atoms with van der Waals surface area (Å²) in [4.78, 5) is 4.80. The molecule has 0 spiro atoms. The van der Waals surface area contributed by atoms with Gasteiger partial charge in [-0.05, 0) is 31.2 Å².